The first kappa shape index (κ1) is 29.0. The molecule has 37 heavy (non-hydrogen) atoms. The predicted octanol–water partition coefficient (Wildman–Crippen LogP) is 2.36. The smallest absolute Gasteiger partial charge is 0.326 e. The topological polar surface area (TPSA) is 173 Å². The number of ether oxygens (including phenoxy) is 3. The summed E-state index contributed by atoms with van der Waals surface area (Å²) in [4.78, 5) is 37.6. The molecule has 13 nitrogen and oxygen atoms in total. The lowest BCUT2D eigenvalue weighted by Crippen LogP contribution is -2.50. The third-order valence-corrected chi connectivity index (χ3v) is 8.16. The summed E-state index contributed by atoms with van der Waals surface area (Å²) < 4.78 is 32.5. The van der Waals surface area contributed by atoms with Gasteiger partial charge in [0.2, 0.25) is 7.44 Å². The van der Waals surface area contributed by atoms with Gasteiger partial charge in [0, 0.05) is 0 Å². The molecule has 1 fully saturated rings. The third-order valence-electron chi connectivity index (χ3n) is 5.92. The van der Waals surface area contributed by atoms with Crippen LogP contribution in [-0.4, -0.2) is 68.2 Å². The number of fused-ring (bicyclic) bond motifs is 1. The van der Waals surface area contributed by atoms with E-state index in [1.165, 1.54) is 6.33 Å². The van der Waals surface area contributed by atoms with E-state index in [4.69, 9.17) is 19.9 Å². The number of hydrogen-bond donors (Lipinski definition) is 3. The van der Waals surface area contributed by atoms with E-state index < -0.39 is 37.1 Å². The average Bonchev–Trinajstić information content (AvgIpc) is 3.21. The third kappa shape index (κ3) is 7.70. The van der Waals surface area contributed by atoms with Crippen LogP contribution in [0.3, 0.4) is 0 Å². The number of esters is 2. The second-order valence-electron chi connectivity index (χ2n) is 9.89. The van der Waals surface area contributed by atoms with E-state index >= 15 is 0 Å². The van der Waals surface area contributed by atoms with Crippen LogP contribution in [0.2, 0.25) is 0 Å². The number of nitrogens with zero attached hydrogens (tertiary/aromatic N) is 4. The number of carbonyl (C=O) groups excluding carboxylic acids is 2. The predicted molar refractivity (Wildman–Crippen MR) is 138 cm³/mol. The van der Waals surface area contributed by atoms with Gasteiger partial charge in [0.05, 0.1) is 25.6 Å². The second kappa shape index (κ2) is 12.3. The van der Waals surface area contributed by atoms with Gasteiger partial charge in [-0.15, -0.1) is 0 Å². The van der Waals surface area contributed by atoms with Gasteiger partial charge < -0.3 is 24.5 Å². The number of nitrogen functional groups attached to an aromatic ring is 1. The molecule has 0 spiro atoms. The molecule has 14 heteroatoms. The summed E-state index contributed by atoms with van der Waals surface area (Å²) >= 11 is 0. The van der Waals surface area contributed by atoms with Crippen molar-refractivity contribution in [1.29, 1.82) is 0 Å². The molecule has 1 aliphatic carbocycles. The van der Waals surface area contributed by atoms with Crippen LogP contribution in [0.5, 0.6) is 0 Å². The summed E-state index contributed by atoms with van der Waals surface area (Å²) in [6.45, 7) is 8.98. The number of nitrogens with one attached hydrogen (secondary N) is 2. The van der Waals surface area contributed by atoms with Crippen molar-refractivity contribution in [1.82, 2.24) is 29.7 Å². The zero-order valence-corrected chi connectivity index (χ0v) is 23.0. The number of carbonyl (C=O) groups is 2. The van der Waals surface area contributed by atoms with Crippen LogP contribution in [0.1, 0.15) is 60.3 Å². The molecule has 2 aromatic rings. The summed E-state index contributed by atoms with van der Waals surface area (Å²) in [7, 11) is -3.66. The Balaban J connectivity index is 1.70. The molecule has 1 unspecified atom stereocenters. The molecule has 0 saturated heterocycles. The average molecular weight is 540 g/mol. The first-order valence-corrected chi connectivity index (χ1v) is 14.4. The summed E-state index contributed by atoms with van der Waals surface area (Å²) in [5.41, 5.74) is 5.58. The fraction of sp³-hybridized carbons (Fsp3) is 0.696. The Morgan fingerprint density at radius 3 is 2.65 bits per heavy atom. The molecule has 1 aliphatic rings. The van der Waals surface area contributed by atoms with Crippen molar-refractivity contribution in [3.63, 3.8) is 0 Å². The minimum Gasteiger partial charge on any atom is -0.464 e. The van der Waals surface area contributed by atoms with Crippen molar-refractivity contribution in [2.75, 3.05) is 18.7 Å². The first-order valence-electron chi connectivity index (χ1n) is 12.5. The lowest BCUT2D eigenvalue weighted by atomic mass is 9.96. The highest BCUT2D eigenvalue weighted by Crippen LogP contribution is 2.40. The molecule has 2 heterocycles. The van der Waals surface area contributed by atoms with E-state index in [1.807, 2.05) is 6.92 Å². The Morgan fingerprint density at radius 2 is 2.00 bits per heavy atom. The number of aromatic nitrogens is 4. The normalized spacial score (nSPS) is 17.5. The van der Waals surface area contributed by atoms with Crippen LogP contribution < -0.4 is 15.9 Å². The Morgan fingerprint density at radius 1 is 1.27 bits per heavy atom. The molecule has 0 amide bonds. The highest BCUT2D eigenvalue weighted by atomic mass is 31.2. The summed E-state index contributed by atoms with van der Waals surface area (Å²) in [5, 5.41) is 5.72. The van der Waals surface area contributed by atoms with Gasteiger partial charge in [-0.3, -0.25) is 14.2 Å². The van der Waals surface area contributed by atoms with E-state index in [9.17, 15) is 14.2 Å². The number of anilines is 1. The fourth-order valence-corrected chi connectivity index (χ4v) is 6.08. The van der Waals surface area contributed by atoms with E-state index in [2.05, 4.69) is 25.1 Å². The molecule has 0 aliphatic heterocycles. The van der Waals surface area contributed by atoms with Crippen LogP contribution in [0.25, 0.3) is 11.2 Å². The van der Waals surface area contributed by atoms with Gasteiger partial charge in [-0.25, -0.2) is 25.1 Å². The van der Waals surface area contributed by atoms with Crippen molar-refractivity contribution in [3.8, 4) is 0 Å². The molecule has 4 N–H and O–H groups in total. The van der Waals surface area contributed by atoms with Gasteiger partial charge in [-0.1, -0.05) is 6.92 Å². The quantitative estimate of drug-likeness (QED) is 0.237. The molecule has 3 atom stereocenters. The molecule has 0 bridgehead atoms. The van der Waals surface area contributed by atoms with Gasteiger partial charge in [0.15, 0.2) is 11.5 Å². The Labute approximate surface area is 216 Å². The van der Waals surface area contributed by atoms with Gasteiger partial charge in [-0.2, -0.15) is 0 Å². The van der Waals surface area contributed by atoms with Crippen molar-refractivity contribution in [2.45, 2.75) is 90.6 Å². The van der Waals surface area contributed by atoms with Crippen molar-refractivity contribution in [3.05, 3.63) is 12.7 Å². The summed E-state index contributed by atoms with van der Waals surface area (Å²) in [6.07, 6.45) is 5.41. The molecular formula is C23H38N7O6P. The lowest BCUT2D eigenvalue weighted by Gasteiger charge is -2.33. The van der Waals surface area contributed by atoms with E-state index in [0.29, 0.717) is 24.1 Å². The largest absolute Gasteiger partial charge is 0.464 e. The highest BCUT2D eigenvalue weighted by Gasteiger charge is 2.39. The molecule has 2 aromatic heterocycles. The zero-order valence-electron chi connectivity index (χ0n) is 22.1. The molecule has 3 rings (SSSR count). The maximum Gasteiger partial charge on any atom is 0.326 e. The van der Waals surface area contributed by atoms with Crippen molar-refractivity contribution >= 4 is 36.4 Å². The molecule has 0 radical (unpaired) electrons. The van der Waals surface area contributed by atoms with Gasteiger partial charge in [-0.05, 0) is 53.4 Å². The molecular weight excluding hydrogens is 501 g/mol. The van der Waals surface area contributed by atoms with Gasteiger partial charge in [0.25, 0.3) is 0 Å². The van der Waals surface area contributed by atoms with Crippen molar-refractivity contribution in [2.24, 2.45) is 0 Å². The van der Waals surface area contributed by atoms with Crippen molar-refractivity contribution < 1.29 is 28.4 Å². The summed E-state index contributed by atoms with van der Waals surface area (Å²) in [5.74, 6) is -0.792. The Hall–Kier alpha value is -2.60. The second-order valence-corrected chi connectivity index (χ2v) is 12.1. The highest BCUT2D eigenvalue weighted by molar-refractivity contribution is 7.59. The van der Waals surface area contributed by atoms with E-state index in [-0.39, 0.29) is 24.9 Å². The first-order chi connectivity index (χ1) is 17.4. The number of imidazole rings is 1. The van der Waals surface area contributed by atoms with Gasteiger partial charge in [0.1, 0.15) is 35.9 Å². The van der Waals surface area contributed by atoms with Crippen LogP contribution in [0.15, 0.2) is 12.7 Å². The fourth-order valence-electron chi connectivity index (χ4n) is 3.69. The maximum atomic E-state index is 14.0. The monoisotopic (exact) mass is 539 g/mol. The van der Waals surface area contributed by atoms with E-state index in [0.717, 1.165) is 19.3 Å². The Bertz CT molecular complexity index is 1140. The minimum absolute atomic E-state index is 0.108. The summed E-state index contributed by atoms with van der Waals surface area (Å²) in [6, 6.07) is -0.891. The van der Waals surface area contributed by atoms with Crippen LogP contribution in [-0.2, 0) is 34.9 Å². The number of hydrogen-bond acceptors (Lipinski definition) is 10. The molecule has 0 aromatic carbocycles. The van der Waals surface area contributed by atoms with Crippen LogP contribution in [0.4, 0.5) is 5.82 Å². The molecule has 1 saturated carbocycles. The minimum atomic E-state index is -3.66. The number of nitrogens with two attached hydrogens (primary N) is 1. The molecule has 206 valence electrons. The SMILES string of the molecule is CCCOC(=O)C(C)(C)NP(=O)(CO[C@H](C)Cn1cnc2c(N)ncnc21)N[C@H](C)C(=O)OC1CCC1. The number of rotatable bonds is 14. The lowest BCUT2D eigenvalue weighted by molar-refractivity contribution is -0.154. The van der Waals surface area contributed by atoms with Crippen LogP contribution in [0, 0.1) is 0 Å². The maximum absolute atomic E-state index is 14.0. The zero-order chi connectivity index (χ0) is 27.2. The van der Waals surface area contributed by atoms with Gasteiger partial charge >= 0.3 is 11.9 Å². The van der Waals surface area contributed by atoms with E-state index in [1.54, 1.807) is 38.6 Å². The van der Waals surface area contributed by atoms with Crippen LogP contribution >= 0.6 is 7.44 Å². The standard InChI is InChI=1S/C23H38N7O6P/c1-6-10-34-22(32)23(4,5)29-37(33,28-16(3)21(31)36-17-8-7-9-17)14-35-15(2)11-30-13-27-18-19(24)25-12-26-20(18)30/h12-13,15-17H,6-11,14H2,1-5H3,(H2,24,25,26)(H2,28,29,33)/t15-,16-,37?/m1/s1. The Kier molecular flexibility index (Phi) is 9.63.